The molecule has 0 aromatic carbocycles. The summed E-state index contributed by atoms with van der Waals surface area (Å²) in [6.07, 6.45) is 3.46. The van der Waals surface area contributed by atoms with Crippen molar-refractivity contribution in [3.05, 3.63) is 0 Å². The number of hydrogen-bond donors (Lipinski definition) is 1. The highest BCUT2D eigenvalue weighted by Crippen LogP contribution is 2.64. The maximum Gasteiger partial charge on any atom is 0.0649 e. The molecular weight excluding hydrogens is 230 g/mol. The van der Waals surface area contributed by atoms with Crippen LogP contribution in [0.2, 0.25) is 0 Å². The third kappa shape index (κ3) is 0.915. The van der Waals surface area contributed by atoms with Crippen LogP contribution in [0.4, 0.5) is 0 Å². The number of fused-ring (bicyclic) bond motifs is 2. The lowest BCUT2D eigenvalue weighted by Gasteiger charge is -2.36. The van der Waals surface area contributed by atoms with Gasteiger partial charge in [0.15, 0.2) is 0 Å². The second-order valence-corrected chi connectivity index (χ2v) is 5.48. The topological polar surface area (TPSA) is 32.6 Å². The Labute approximate surface area is 87.5 Å². The van der Waals surface area contributed by atoms with Crippen LogP contribution in [0, 0.1) is 16.7 Å². The molecule has 0 aromatic rings. The van der Waals surface area contributed by atoms with Gasteiger partial charge in [-0.1, -0.05) is 34.9 Å². The van der Waals surface area contributed by atoms with Crippen LogP contribution in [0.1, 0.15) is 33.1 Å². The Morgan fingerprint density at radius 1 is 1.62 bits per heavy atom. The van der Waals surface area contributed by atoms with Gasteiger partial charge in [-0.3, -0.25) is 0 Å². The number of halogens is 1. The van der Waals surface area contributed by atoms with Gasteiger partial charge in [0.1, 0.15) is 0 Å². The molecule has 0 spiro atoms. The minimum absolute atomic E-state index is 0.131. The maximum atomic E-state index is 8.98. The van der Waals surface area contributed by atoms with Gasteiger partial charge in [0, 0.05) is 10.7 Å². The molecule has 2 nitrogen and oxygen atoms in total. The van der Waals surface area contributed by atoms with E-state index >= 15 is 0 Å². The van der Waals surface area contributed by atoms with Crippen molar-refractivity contribution >= 4 is 21.6 Å². The van der Waals surface area contributed by atoms with Crippen molar-refractivity contribution in [1.29, 1.82) is 0 Å². The lowest BCUT2D eigenvalue weighted by Crippen LogP contribution is -2.37. The van der Waals surface area contributed by atoms with Crippen LogP contribution in [-0.2, 0) is 0 Å². The Morgan fingerprint density at radius 2 is 2.31 bits per heavy atom. The summed E-state index contributed by atoms with van der Waals surface area (Å²) >= 11 is 3.59. The zero-order valence-electron chi connectivity index (χ0n) is 8.18. The van der Waals surface area contributed by atoms with Crippen LogP contribution in [0.25, 0.3) is 0 Å². The average Bonchev–Trinajstić information content (AvgIpc) is 2.50. The number of rotatable bonds is 1. The summed E-state index contributed by atoms with van der Waals surface area (Å²) in [6, 6.07) is 0. The van der Waals surface area contributed by atoms with E-state index in [0.29, 0.717) is 5.41 Å². The first-order chi connectivity index (χ1) is 6.08. The van der Waals surface area contributed by atoms with Gasteiger partial charge in [-0.2, -0.15) is 0 Å². The third-order valence-electron chi connectivity index (χ3n) is 4.51. The molecule has 2 bridgehead atoms. The van der Waals surface area contributed by atoms with Gasteiger partial charge in [-0.25, -0.2) is 0 Å². The van der Waals surface area contributed by atoms with E-state index in [1.54, 1.807) is 0 Å². The van der Waals surface area contributed by atoms with Crippen LogP contribution in [-0.4, -0.2) is 16.2 Å². The summed E-state index contributed by atoms with van der Waals surface area (Å²) in [7, 11) is 0. The predicted molar refractivity (Wildman–Crippen MR) is 56.6 cm³/mol. The number of alkyl halides is 1. The highest BCUT2D eigenvalue weighted by Gasteiger charge is 2.62. The third-order valence-corrected chi connectivity index (χ3v) is 5.47. The summed E-state index contributed by atoms with van der Waals surface area (Å²) in [4.78, 5) is 0. The van der Waals surface area contributed by atoms with E-state index in [9.17, 15) is 0 Å². The molecule has 2 fully saturated rings. The van der Waals surface area contributed by atoms with E-state index in [1.165, 1.54) is 12.8 Å². The van der Waals surface area contributed by atoms with E-state index in [2.05, 4.69) is 34.9 Å². The number of nitrogens with zero attached hydrogens (tertiary/aromatic N) is 1. The standard InChI is InChI=1S/C10H16BrNO/c1-9(2)7-3-4-10(9,6-11)8(5-7)12-13/h7,13H,3-6H2,1-2H3/b12-8+. The quantitative estimate of drug-likeness (QED) is 0.430. The van der Waals surface area contributed by atoms with Crippen molar-refractivity contribution in [1.82, 2.24) is 0 Å². The van der Waals surface area contributed by atoms with Crippen molar-refractivity contribution in [3.63, 3.8) is 0 Å². The molecule has 0 heterocycles. The minimum Gasteiger partial charge on any atom is -0.411 e. The van der Waals surface area contributed by atoms with E-state index in [4.69, 9.17) is 5.21 Å². The van der Waals surface area contributed by atoms with Crippen molar-refractivity contribution in [2.45, 2.75) is 33.1 Å². The molecule has 2 saturated carbocycles. The Morgan fingerprint density at radius 3 is 2.69 bits per heavy atom. The molecule has 2 rings (SSSR count). The second-order valence-electron chi connectivity index (χ2n) is 4.92. The molecule has 0 aromatic heterocycles. The first-order valence-electron chi connectivity index (χ1n) is 4.86. The van der Waals surface area contributed by atoms with E-state index < -0.39 is 0 Å². The number of oxime groups is 1. The lowest BCUT2D eigenvalue weighted by molar-refractivity contribution is 0.196. The number of hydrogen-bond acceptors (Lipinski definition) is 2. The first kappa shape index (κ1) is 9.50. The van der Waals surface area contributed by atoms with Gasteiger partial charge >= 0.3 is 0 Å². The van der Waals surface area contributed by atoms with E-state index in [1.807, 2.05) is 0 Å². The van der Waals surface area contributed by atoms with Gasteiger partial charge in [-0.05, 0) is 30.6 Å². The van der Waals surface area contributed by atoms with Crippen LogP contribution in [0.15, 0.2) is 5.16 Å². The Hall–Kier alpha value is -0.0500. The summed E-state index contributed by atoms with van der Waals surface area (Å²) in [6.45, 7) is 4.62. The van der Waals surface area contributed by atoms with Crippen LogP contribution in [0.3, 0.4) is 0 Å². The molecule has 2 aliphatic rings. The fourth-order valence-electron chi connectivity index (χ4n) is 3.25. The van der Waals surface area contributed by atoms with E-state index in [-0.39, 0.29) is 5.41 Å². The summed E-state index contributed by atoms with van der Waals surface area (Å²) in [5, 5.41) is 13.4. The lowest BCUT2D eigenvalue weighted by atomic mass is 9.70. The SMILES string of the molecule is CC1(C)C2CCC1(CBr)/C(=N/O)C2. The van der Waals surface area contributed by atoms with Crippen LogP contribution < -0.4 is 0 Å². The van der Waals surface area contributed by atoms with Crippen molar-refractivity contribution in [2.24, 2.45) is 21.9 Å². The van der Waals surface area contributed by atoms with Gasteiger partial charge in [-0.15, -0.1) is 0 Å². The molecule has 0 amide bonds. The molecule has 2 aliphatic carbocycles. The first-order valence-corrected chi connectivity index (χ1v) is 5.98. The summed E-state index contributed by atoms with van der Waals surface area (Å²) < 4.78 is 0. The zero-order chi connectivity index (χ0) is 9.69. The zero-order valence-corrected chi connectivity index (χ0v) is 9.76. The van der Waals surface area contributed by atoms with Gasteiger partial charge in [0.25, 0.3) is 0 Å². The molecule has 0 aliphatic heterocycles. The Bertz CT molecular complexity index is 262. The molecule has 0 radical (unpaired) electrons. The van der Waals surface area contributed by atoms with Crippen LogP contribution >= 0.6 is 15.9 Å². The average molecular weight is 246 g/mol. The smallest absolute Gasteiger partial charge is 0.0649 e. The van der Waals surface area contributed by atoms with Crippen molar-refractivity contribution in [2.75, 3.05) is 5.33 Å². The Balaban J connectivity index is 2.47. The molecule has 2 atom stereocenters. The molecule has 0 saturated heterocycles. The maximum absolute atomic E-state index is 8.98. The molecule has 3 heteroatoms. The van der Waals surface area contributed by atoms with Gasteiger partial charge < -0.3 is 5.21 Å². The molecule has 2 unspecified atom stereocenters. The predicted octanol–water partition coefficient (Wildman–Crippen LogP) is 3.04. The highest BCUT2D eigenvalue weighted by atomic mass is 79.9. The summed E-state index contributed by atoms with van der Waals surface area (Å²) in [5.74, 6) is 0.718. The normalized spacial score (nSPS) is 44.5. The molecule has 13 heavy (non-hydrogen) atoms. The summed E-state index contributed by atoms with van der Waals surface area (Å²) in [5.41, 5.74) is 1.45. The largest absolute Gasteiger partial charge is 0.411 e. The van der Waals surface area contributed by atoms with Crippen LogP contribution in [0.5, 0.6) is 0 Å². The van der Waals surface area contributed by atoms with E-state index in [0.717, 1.165) is 23.4 Å². The Kier molecular flexibility index (Phi) is 1.99. The fourth-order valence-corrected chi connectivity index (χ4v) is 4.58. The van der Waals surface area contributed by atoms with Gasteiger partial charge in [0.05, 0.1) is 5.71 Å². The van der Waals surface area contributed by atoms with Gasteiger partial charge in [0.2, 0.25) is 0 Å². The monoisotopic (exact) mass is 245 g/mol. The fraction of sp³-hybridized carbons (Fsp3) is 0.900. The second kappa shape index (κ2) is 2.72. The molecular formula is C10H16BrNO. The molecule has 1 N–H and O–H groups in total. The van der Waals surface area contributed by atoms with Crippen molar-refractivity contribution < 1.29 is 5.21 Å². The minimum atomic E-state index is 0.131. The highest BCUT2D eigenvalue weighted by molar-refractivity contribution is 9.09. The van der Waals surface area contributed by atoms with Crippen molar-refractivity contribution in [3.8, 4) is 0 Å². The molecule has 74 valence electrons.